The number of hydrogen-bond acceptors (Lipinski definition) is 4. The number of nitrogens with one attached hydrogen (secondary N) is 1. The topological polar surface area (TPSA) is 54.9 Å². The Kier molecular flexibility index (Phi) is 4.82. The Morgan fingerprint density at radius 1 is 0.957 bits per heavy atom. The summed E-state index contributed by atoms with van der Waals surface area (Å²) < 4.78 is 0. The number of benzene rings is 2. The first kappa shape index (κ1) is 16.2. The number of rotatable bonds is 3. The van der Waals surface area contributed by atoms with Crippen LogP contribution in [0.3, 0.4) is 0 Å². The number of nitrogens with zero attached hydrogens (tertiary/aromatic N) is 2. The molecule has 0 unspecified atom stereocenters. The van der Waals surface area contributed by atoms with Crippen molar-refractivity contribution >= 4 is 57.2 Å². The minimum Gasteiger partial charge on any atom is -0.296 e. The number of halogens is 3. The Morgan fingerprint density at radius 3 is 2.39 bits per heavy atom. The SMILES string of the molecule is O=C(Nc1nnc(-c2cc(Cl)cc(Cl)c2)s1)c1cccc(Cl)c1. The second-order valence-electron chi connectivity index (χ2n) is 4.53. The molecule has 4 nitrogen and oxygen atoms in total. The van der Waals surface area contributed by atoms with Gasteiger partial charge in [-0.3, -0.25) is 10.1 Å². The molecule has 0 aliphatic rings. The van der Waals surface area contributed by atoms with Gasteiger partial charge >= 0.3 is 0 Å². The lowest BCUT2D eigenvalue weighted by Crippen LogP contribution is -2.11. The number of amides is 1. The normalized spacial score (nSPS) is 10.6. The van der Waals surface area contributed by atoms with Gasteiger partial charge in [-0.2, -0.15) is 0 Å². The first-order valence-electron chi connectivity index (χ1n) is 6.38. The zero-order chi connectivity index (χ0) is 16.4. The van der Waals surface area contributed by atoms with E-state index in [2.05, 4.69) is 15.5 Å². The van der Waals surface area contributed by atoms with Crippen molar-refractivity contribution in [1.29, 1.82) is 0 Å². The Labute approximate surface area is 151 Å². The predicted molar refractivity (Wildman–Crippen MR) is 94.8 cm³/mol. The number of hydrogen-bond donors (Lipinski definition) is 1. The Morgan fingerprint density at radius 2 is 1.70 bits per heavy atom. The van der Waals surface area contributed by atoms with Crippen LogP contribution in [0.2, 0.25) is 15.1 Å². The molecule has 0 aliphatic heterocycles. The highest BCUT2D eigenvalue weighted by Crippen LogP contribution is 2.31. The van der Waals surface area contributed by atoms with Gasteiger partial charge < -0.3 is 0 Å². The minimum absolute atomic E-state index is 0.306. The Hall–Kier alpha value is -1.66. The lowest BCUT2D eigenvalue weighted by atomic mass is 10.2. The van der Waals surface area contributed by atoms with Gasteiger partial charge in [0.05, 0.1) is 0 Å². The molecule has 0 spiro atoms. The molecule has 8 heteroatoms. The lowest BCUT2D eigenvalue weighted by Gasteiger charge is -2.01. The molecule has 23 heavy (non-hydrogen) atoms. The van der Waals surface area contributed by atoms with E-state index in [-0.39, 0.29) is 5.91 Å². The second-order valence-corrected chi connectivity index (χ2v) is 6.82. The van der Waals surface area contributed by atoms with Crippen LogP contribution in [0, 0.1) is 0 Å². The van der Waals surface area contributed by atoms with Gasteiger partial charge in [0, 0.05) is 26.2 Å². The fourth-order valence-electron chi connectivity index (χ4n) is 1.87. The van der Waals surface area contributed by atoms with Crippen molar-refractivity contribution in [2.75, 3.05) is 5.32 Å². The molecule has 116 valence electrons. The molecule has 1 heterocycles. The summed E-state index contributed by atoms with van der Waals surface area (Å²) in [6.07, 6.45) is 0. The maximum Gasteiger partial charge on any atom is 0.257 e. The molecule has 2 aromatic carbocycles. The van der Waals surface area contributed by atoms with Gasteiger partial charge in [-0.1, -0.05) is 52.2 Å². The third-order valence-corrected chi connectivity index (χ3v) is 4.40. The molecule has 1 N–H and O–H groups in total. The molecule has 3 aromatic rings. The van der Waals surface area contributed by atoms with E-state index in [1.54, 1.807) is 42.5 Å². The van der Waals surface area contributed by atoms with Crippen LogP contribution in [0.15, 0.2) is 42.5 Å². The fourth-order valence-corrected chi connectivity index (χ4v) is 3.31. The number of aromatic nitrogens is 2. The van der Waals surface area contributed by atoms with Crippen LogP contribution in [0.1, 0.15) is 10.4 Å². The molecule has 0 saturated heterocycles. The van der Waals surface area contributed by atoms with Gasteiger partial charge in [0.15, 0.2) is 0 Å². The van der Waals surface area contributed by atoms with Gasteiger partial charge in [0.1, 0.15) is 5.01 Å². The summed E-state index contributed by atoms with van der Waals surface area (Å²) in [7, 11) is 0. The van der Waals surface area contributed by atoms with Crippen LogP contribution >= 0.6 is 46.1 Å². The molecule has 1 amide bonds. The second kappa shape index (κ2) is 6.84. The number of anilines is 1. The van der Waals surface area contributed by atoms with Gasteiger partial charge in [-0.25, -0.2) is 0 Å². The van der Waals surface area contributed by atoms with Crippen molar-refractivity contribution in [3.05, 3.63) is 63.1 Å². The summed E-state index contributed by atoms with van der Waals surface area (Å²) in [6, 6.07) is 11.7. The van der Waals surface area contributed by atoms with Crippen molar-refractivity contribution in [3.63, 3.8) is 0 Å². The summed E-state index contributed by atoms with van der Waals surface area (Å²) in [5, 5.41) is 13.2. The molecule has 1 aromatic heterocycles. The quantitative estimate of drug-likeness (QED) is 0.656. The first-order valence-corrected chi connectivity index (χ1v) is 8.33. The van der Waals surface area contributed by atoms with Crippen molar-refractivity contribution in [3.8, 4) is 10.6 Å². The first-order chi connectivity index (χ1) is 11.0. The van der Waals surface area contributed by atoms with Crippen LogP contribution in [0.25, 0.3) is 10.6 Å². The van der Waals surface area contributed by atoms with E-state index in [9.17, 15) is 4.79 Å². The van der Waals surface area contributed by atoms with Gasteiger partial charge in [0.2, 0.25) is 5.13 Å². The van der Waals surface area contributed by atoms with E-state index >= 15 is 0 Å². The average Bonchev–Trinajstić information content (AvgIpc) is 2.95. The molecule has 0 aliphatic carbocycles. The van der Waals surface area contributed by atoms with Crippen LogP contribution in [-0.2, 0) is 0 Å². The molecule has 3 rings (SSSR count). The van der Waals surface area contributed by atoms with E-state index in [1.807, 2.05) is 0 Å². The zero-order valence-corrected chi connectivity index (χ0v) is 14.5. The van der Waals surface area contributed by atoms with Crippen molar-refractivity contribution in [1.82, 2.24) is 10.2 Å². The average molecular weight is 385 g/mol. The van der Waals surface area contributed by atoms with Crippen LogP contribution in [-0.4, -0.2) is 16.1 Å². The summed E-state index contributed by atoms with van der Waals surface area (Å²) >= 11 is 19.1. The van der Waals surface area contributed by atoms with E-state index in [0.717, 1.165) is 5.56 Å². The van der Waals surface area contributed by atoms with Gasteiger partial charge in [0.25, 0.3) is 5.91 Å². The van der Waals surface area contributed by atoms with E-state index in [4.69, 9.17) is 34.8 Å². The molecular formula is C15H8Cl3N3OS. The maximum absolute atomic E-state index is 12.1. The maximum atomic E-state index is 12.1. The van der Waals surface area contributed by atoms with Crippen molar-refractivity contribution < 1.29 is 4.79 Å². The highest BCUT2D eigenvalue weighted by atomic mass is 35.5. The molecule has 0 bridgehead atoms. The smallest absolute Gasteiger partial charge is 0.257 e. The third kappa shape index (κ3) is 4.00. The Bertz CT molecular complexity index is 862. The van der Waals surface area contributed by atoms with E-state index in [1.165, 1.54) is 11.3 Å². The molecule has 0 radical (unpaired) electrons. The Balaban J connectivity index is 1.81. The summed E-state index contributed by atoms with van der Waals surface area (Å²) in [5.41, 5.74) is 1.18. The number of carbonyl (C=O) groups excluding carboxylic acids is 1. The lowest BCUT2D eigenvalue weighted by molar-refractivity contribution is 0.102. The van der Waals surface area contributed by atoms with Crippen LogP contribution in [0.5, 0.6) is 0 Å². The van der Waals surface area contributed by atoms with Crippen molar-refractivity contribution in [2.24, 2.45) is 0 Å². The zero-order valence-electron chi connectivity index (χ0n) is 11.4. The minimum atomic E-state index is -0.306. The summed E-state index contributed by atoms with van der Waals surface area (Å²) in [6.45, 7) is 0. The van der Waals surface area contributed by atoms with E-state index < -0.39 is 0 Å². The van der Waals surface area contributed by atoms with Gasteiger partial charge in [-0.05, 0) is 36.4 Å². The van der Waals surface area contributed by atoms with Gasteiger partial charge in [-0.15, -0.1) is 10.2 Å². The largest absolute Gasteiger partial charge is 0.296 e. The highest BCUT2D eigenvalue weighted by Gasteiger charge is 2.12. The number of carbonyl (C=O) groups is 1. The molecule has 0 saturated carbocycles. The third-order valence-electron chi connectivity index (χ3n) is 2.84. The predicted octanol–water partition coefficient (Wildman–Crippen LogP) is 5.42. The molecular weight excluding hydrogens is 377 g/mol. The standard InChI is InChI=1S/C15H8Cl3N3OS/c16-10-3-1-2-8(4-10)13(22)19-15-21-20-14(23-15)9-5-11(17)7-12(18)6-9/h1-7H,(H,19,21,22). The fraction of sp³-hybridized carbons (Fsp3) is 0. The molecule has 0 atom stereocenters. The van der Waals surface area contributed by atoms with E-state index in [0.29, 0.717) is 30.8 Å². The summed E-state index contributed by atoms with van der Waals surface area (Å²) in [5.74, 6) is -0.306. The summed E-state index contributed by atoms with van der Waals surface area (Å²) in [4.78, 5) is 12.1. The van der Waals surface area contributed by atoms with Crippen LogP contribution in [0.4, 0.5) is 5.13 Å². The van der Waals surface area contributed by atoms with Crippen molar-refractivity contribution in [2.45, 2.75) is 0 Å². The highest BCUT2D eigenvalue weighted by molar-refractivity contribution is 7.18. The monoisotopic (exact) mass is 383 g/mol. The molecule has 0 fully saturated rings. The van der Waals surface area contributed by atoms with Crippen LogP contribution < -0.4 is 5.32 Å².